The zero-order chi connectivity index (χ0) is 37.0. The number of benzene rings is 2. The van der Waals surface area contributed by atoms with E-state index in [1.54, 1.807) is 12.1 Å². The predicted octanol–water partition coefficient (Wildman–Crippen LogP) is 6.66. The highest BCUT2D eigenvalue weighted by Gasteiger charge is 2.41. The number of carboxylic acids is 1. The van der Waals surface area contributed by atoms with Gasteiger partial charge >= 0.3 is 18.2 Å². The lowest BCUT2D eigenvalue weighted by Crippen LogP contribution is -2.46. The first-order chi connectivity index (χ1) is 23.7. The number of likely N-dealkylation sites (N-methyl/N-ethyl adjacent to an activating group) is 1. The molecule has 3 amide bonds. The molecule has 4 N–H and O–H groups in total. The third-order valence-corrected chi connectivity index (χ3v) is 8.50. The van der Waals surface area contributed by atoms with Crippen molar-refractivity contribution < 1.29 is 51.3 Å². The van der Waals surface area contributed by atoms with E-state index < -0.39 is 41.6 Å². The minimum absolute atomic E-state index is 0.0811. The maximum absolute atomic E-state index is 13.3. The number of aliphatic carboxylic acids is 1. The summed E-state index contributed by atoms with van der Waals surface area (Å²) < 4.78 is 64.4. The third kappa shape index (κ3) is 11.7. The van der Waals surface area contributed by atoms with Gasteiger partial charge in [-0.1, -0.05) is 44.1 Å². The maximum atomic E-state index is 13.3. The topological polar surface area (TPSA) is 139 Å². The number of carboxylic acid groups (broad SMARTS) is 2. The number of hydrogen-bond acceptors (Lipinski definition) is 5. The van der Waals surface area contributed by atoms with Crippen molar-refractivity contribution in [3.63, 3.8) is 0 Å². The fraction of sp³-hybridized carbons (Fsp3) is 0.486. The quantitative estimate of drug-likeness (QED) is 0.123. The predicted molar refractivity (Wildman–Crippen MR) is 175 cm³/mol. The van der Waals surface area contributed by atoms with Crippen molar-refractivity contribution in [3.8, 4) is 0 Å². The van der Waals surface area contributed by atoms with Crippen molar-refractivity contribution >= 4 is 29.6 Å². The average Bonchev–Trinajstić information content (AvgIpc) is 3.44. The lowest BCUT2D eigenvalue weighted by molar-refractivity contribution is -0.139. The Morgan fingerprint density at radius 3 is 2.38 bits per heavy atom. The fourth-order valence-corrected chi connectivity index (χ4v) is 5.65. The number of rotatable bonds is 10. The van der Waals surface area contributed by atoms with E-state index >= 15 is 0 Å². The Labute approximate surface area is 287 Å². The van der Waals surface area contributed by atoms with Gasteiger partial charge in [-0.25, -0.2) is 13.6 Å². The summed E-state index contributed by atoms with van der Waals surface area (Å²) in [6.45, 7) is 2.72. The molecule has 2 aromatic rings. The second-order valence-electron chi connectivity index (χ2n) is 12.2. The Morgan fingerprint density at radius 2 is 1.78 bits per heavy atom. The highest BCUT2D eigenvalue weighted by molar-refractivity contribution is 5.89. The van der Waals surface area contributed by atoms with Crippen molar-refractivity contribution in [3.05, 3.63) is 76.9 Å². The largest absolute Gasteiger partial charge is 0.481 e. The summed E-state index contributed by atoms with van der Waals surface area (Å²) in [7, 11) is 1.47. The Bertz CT molecular complexity index is 1540. The van der Waals surface area contributed by atoms with E-state index in [1.165, 1.54) is 42.2 Å². The van der Waals surface area contributed by atoms with Crippen LogP contribution < -0.4 is 10.6 Å². The van der Waals surface area contributed by atoms with Crippen LogP contribution in [0.4, 0.5) is 32.4 Å². The van der Waals surface area contributed by atoms with E-state index in [0.29, 0.717) is 43.5 Å². The normalized spacial score (nSPS) is 19.1. The standard InChI is InChI=1S/C15H17F4N3O2.C11H18O2.C9H8FNO2/c1-20-14(24)12-3-2-4-22(12)13(23)8-21-11-6-9(15(17,18)19)5-10(16)7-11;1-2-3-4-5-6-7-9-8-10(9)11(12)13;10-8-3-1-2-6-4-11(9(12)13)5-7(6)8/h5-7,12,21H,2-4,8H2,1H3,(H,20,24);6-7,9-10H,2-5,8H2,1H3,(H,12,13);1-3H,4-5H2,(H,12,13)/b;7-6-;. The molecule has 0 bridgehead atoms. The lowest BCUT2D eigenvalue weighted by atomic mass is 10.1. The molecule has 3 unspecified atom stereocenters. The molecule has 2 heterocycles. The van der Waals surface area contributed by atoms with Crippen LogP contribution in [0.2, 0.25) is 0 Å². The molecule has 274 valence electrons. The molecule has 3 aliphatic rings. The highest BCUT2D eigenvalue weighted by Crippen LogP contribution is 2.39. The van der Waals surface area contributed by atoms with Gasteiger partial charge in [0.15, 0.2) is 0 Å². The van der Waals surface area contributed by atoms with Crippen LogP contribution in [-0.2, 0) is 33.6 Å². The van der Waals surface area contributed by atoms with Gasteiger partial charge in [-0.05, 0) is 67.9 Å². The second-order valence-corrected chi connectivity index (χ2v) is 12.2. The summed E-state index contributed by atoms with van der Waals surface area (Å²) in [4.78, 5) is 47.5. The van der Waals surface area contributed by atoms with Crippen LogP contribution in [-0.4, -0.2) is 70.1 Å². The van der Waals surface area contributed by atoms with Crippen LogP contribution in [0, 0.1) is 23.5 Å². The zero-order valence-corrected chi connectivity index (χ0v) is 27.9. The van der Waals surface area contributed by atoms with Gasteiger partial charge in [-0.15, -0.1) is 0 Å². The van der Waals surface area contributed by atoms with Crippen LogP contribution in [0.15, 0.2) is 48.6 Å². The molecule has 3 atom stereocenters. The summed E-state index contributed by atoms with van der Waals surface area (Å²) in [6.07, 6.45) is 5.45. The van der Waals surface area contributed by atoms with Crippen molar-refractivity contribution in [2.75, 3.05) is 25.5 Å². The van der Waals surface area contributed by atoms with Gasteiger partial charge in [0.25, 0.3) is 0 Å². The number of halogens is 5. The molecule has 5 rings (SSSR count). The molecule has 50 heavy (non-hydrogen) atoms. The third-order valence-electron chi connectivity index (χ3n) is 8.50. The number of carbonyl (C=O) groups excluding carboxylic acids is 2. The molecule has 0 radical (unpaired) electrons. The molecule has 0 aromatic heterocycles. The van der Waals surface area contributed by atoms with Crippen molar-refractivity contribution in [2.45, 2.75) is 77.2 Å². The van der Waals surface area contributed by atoms with Gasteiger partial charge in [0.2, 0.25) is 11.8 Å². The Hall–Kier alpha value is -4.69. The van der Waals surface area contributed by atoms with Gasteiger partial charge in [0.1, 0.15) is 17.7 Å². The van der Waals surface area contributed by atoms with Crippen LogP contribution >= 0.6 is 0 Å². The molecule has 1 saturated carbocycles. The first-order valence-electron chi connectivity index (χ1n) is 16.4. The summed E-state index contributed by atoms with van der Waals surface area (Å²) in [5.74, 6) is -2.47. The molecular formula is C35H43F5N4O6. The number of unbranched alkanes of at least 4 members (excludes halogenated alkanes) is 3. The first kappa shape index (κ1) is 39.7. The Morgan fingerprint density at radius 1 is 1.04 bits per heavy atom. The Balaban J connectivity index is 0.000000220. The number of hydrogen-bond donors (Lipinski definition) is 4. The van der Waals surface area contributed by atoms with Crippen molar-refractivity contribution in [1.82, 2.24) is 15.1 Å². The molecule has 1 aliphatic carbocycles. The molecule has 0 spiro atoms. The summed E-state index contributed by atoms with van der Waals surface area (Å²) >= 11 is 0. The summed E-state index contributed by atoms with van der Waals surface area (Å²) in [5.41, 5.74) is -0.0134. The van der Waals surface area contributed by atoms with E-state index in [-0.39, 0.29) is 36.4 Å². The summed E-state index contributed by atoms with van der Waals surface area (Å²) in [5, 5.41) is 22.3. The second kappa shape index (κ2) is 18.3. The number of carbonyl (C=O) groups is 4. The lowest BCUT2D eigenvalue weighted by Gasteiger charge is -2.23. The van der Waals surface area contributed by atoms with E-state index in [4.69, 9.17) is 10.2 Å². The van der Waals surface area contributed by atoms with Crippen molar-refractivity contribution in [2.24, 2.45) is 11.8 Å². The number of amides is 3. The minimum atomic E-state index is -4.68. The van der Waals surface area contributed by atoms with Gasteiger partial charge in [0.05, 0.1) is 24.6 Å². The van der Waals surface area contributed by atoms with E-state index in [9.17, 15) is 41.1 Å². The van der Waals surface area contributed by atoms with Crippen LogP contribution in [0.25, 0.3) is 0 Å². The number of nitrogens with zero attached hydrogens (tertiary/aromatic N) is 2. The highest BCUT2D eigenvalue weighted by atomic mass is 19.4. The molecule has 15 heteroatoms. The number of anilines is 1. The van der Waals surface area contributed by atoms with Gasteiger partial charge in [-0.2, -0.15) is 13.2 Å². The smallest absolute Gasteiger partial charge is 0.416 e. The van der Waals surface area contributed by atoms with E-state index in [2.05, 4.69) is 29.7 Å². The van der Waals surface area contributed by atoms with Crippen LogP contribution in [0.1, 0.15) is 68.6 Å². The number of allylic oxidation sites excluding steroid dienone is 2. The van der Waals surface area contributed by atoms with Crippen LogP contribution in [0.5, 0.6) is 0 Å². The SMILES string of the molecule is CCCCC/C=C\C1CC1C(=O)O.CNC(=O)C1CCCN1C(=O)CNc1cc(F)cc(C(F)(F)F)c1.O=C(O)N1Cc2cccc(F)c2C1. The first-order valence-corrected chi connectivity index (χ1v) is 16.4. The molecule has 2 fully saturated rings. The Kier molecular flexibility index (Phi) is 14.6. The van der Waals surface area contributed by atoms with Crippen LogP contribution in [0.3, 0.4) is 0 Å². The van der Waals surface area contributed by atoms with Gasteiger partial charge < -0.3 is 25.7 Å². The summed E-state index contributed by atoms with van der Waals surface area (Å²) in [6, 6.07) is 6.11. The van der Waals surface area contributed by atoms with Gasteiger partial charge in [-0.3, -0.25) is 19.3 Å². The number of alkyl halides is 3. The average molecular weight is 711 g/mol. The molecular weight excluding hydrogens is 667 g/mol. The van der Waals surface area contributed by atoms with Gasteiger partial charge in [0, 0.05) is 31.4 Å². The van der Waals surface area contributed by atoms with E-state index in [1.807, 2.05) is 0 Å². The molecule has 10 nitrogen and oxygen atoms in total. The minimum Gasteiger partial charge on any atom is -0.481 e. The fourth-order valence-electron chi connectivity index (χ4n) is 5.65. The number of likely N-dealkylation sites (tertiary alicyclic amines) is 1. The monoisotopic (exact) mass is 710 g/mol. The number of fused-ring (bicyclic) bond motifs is 1. The molecule has 1 saturated heterocycles. The number of nitrogens with one attached hydrogen (secondary N) is 2. The maximum Gasteiger partial charge on any atom is 0.416 e. The molecule has 2 aliphatic heterocycles. The molecule has 2 aromatic carbocycles. The van der Waals surface area contributed by atoms with E-state index in [0.717, 1.165) is 30.5 Å². The zero-order valence-electron chi connectivity index (χ0n) is 27.9. The van der Waals surface area contributed by atoms with Crippen molar-refractivity contribution in [1.29, 1.82) is 0 Å².